The molecule has 0 bridgehead atoms. The number of rotatable bonds is 6. The zero-order valence-electron chi connectivity index (χ0n) is 16.9. The molecule has 7 nitrogen and oxygen atoms in total. The minimum Gasteiger partial charge on any atom is -0.493 e. The number of amides is 1. The summed E-state index contributed by atoms with van der Waals surface area (Å²) in [6, 6.07) is 11.5. The molecule has 1 atom stereocenters. The van der Waals surface area contributed by atoms with E-state index in [0.717, 1.165) is 11.1 Å². The van der Waals surface area contributed by atoms with Crippen LogP contribution in [-0.4, -0.2) is 30.1 Å². The summed E-state index contributed by atoms with van der Waals surface area (Å²) in [5, 5.41) is 3.05. The fourth-order valence-electron chi connectivity index (χ4n) is 3.55. The van der Waals surface area contributed by atoms with Crippen molar-refractivity contribution in [2.75, 3.05) is 19.5 Å². The Morgan fingerprint density at radius 2 is 1.94 bits per heavy atom. The van der Waals surface area contributed by atoms with Gasteiger partial charge >= 0.3 is 0 Å². The van der Waals surface area contributed by atoms with E-state index in [-0.39, 0.29) is 29.5 Å². The summed E-state index contributed by atoms with van der Waals surface area (Å²) in [6.45, 7) is 0. The number of nitrogens with one attached hydrogen (secondary N) is 2. The highest BCUT2D eigenvalue weighted by molar-refractivity contribution is 7.98. The standard InChI is InChI=1S/C22H20FN3O4S/c1-29-16-7-6-13(9-17(16)30-2)15-10-18(27)24-20-19(15)21(28)26-22(25-20)31-11-12-4-3-5-14(23)8-12/h3-9,15H,10-11H2,1-2H3,(H2,24,25,26,27,28)/t15-/m0/s1. The van der Waals surface area contributed by atoms with E-state index in [1.54, 1.807) is 37.4 Å². The molecule has 0 fully saturated rings. The van der Waals surface area contributed by atoms with Gasteiger partial charge in [0.1, 0.15) is 11.6 Å². The number of fused-ring (bicyclic) bond motifs is 1. The highest BCUT2D eigenvalue weighted by atomic mass is 32.2. The van der Waals surface area contributed by atoms with Gasteiger partial charge in [-0.15, -0.1) is 0 Å². The number of hydrogen-bond acceptors (Lipinski definition) is 6. The van der Waals surface area contributed by atoms with Crippen LogP contribution in [0.15, 0.2) is 52.4 Å². The van der Waals surface area contributed by atoms with Gasteiger partial charge in [0.2, 0.25) is 5.91 Å². The Balaban J connectivity index is 1.66. The number of anilines is 1. The van der Waals surface area contributed by atoms with Gasteiger partial charge in [-0.2, -0.15) is 0 Å². The van der Waals surface area contributed by atoms with E-state index in [1.807, 2.05) is 0 Å². The first-order chi connectivity index (χ1) is 15.0. The number of methoxy groups -OCH3 is 2. The Kier molecular flexibility index (Phi) is 5.94. The van der Waals surface area contributed by atoms with Crippen molar-refractivity contribution in [2.24, 2.45) is 0 Å². The predicted molar refractivity (Wildman–Crippen MR) is 115 cm³/mol. The Morgan fingerprint density at radius 1 is 1.13 bits per heavy atom. The van der Waals surface area contributed by atoms with Crippen molar-refractivity contribution in [3.8, 4) is 11.5 Å². The number of hydrogen-bond donors (Lipinski definition) is 2. The third-order valence-electron chi connectivity index (χ3n) is 5.00. The largest absolute Gasteiger partial charge is 0.493 e. The molecule has 2 N–H and O–H groups in total. The van der Waals surface area contributed by atoms with Crippen LogP contribution in [0.25, 0.3) is 0 Å². The molecule has 3 aromatic rings. The van der Waals surface area contributed by atoms with Crippen molar-refractivity contribution >= 4 is 23.5 Å². The second kappa shape index (κ2) is 8.81. The van der Waals surface area contributed by atoms with Crippen LogP contribution in [0, 0.1) is 5.82 Å². The summed E-state index contributed by atoms with van der Waals surface area (Å²) in [5.74, 6) is 0.708. The molecule has 1 aliphatic heterocycles. The molecule has 0 aliphatic carbocycles. The zero-order valence-corrected chi connectivity index (χ0v) is 17.7. The van der Waals surface area contributed by atoms with E-state index >= 15 is 0 Å². The Hall–Kier alpha value is -3.33. The molecule has 0 spiro atoms. The first kappa shape index (κ1) is 20.9. The van der Waals surface area contributed by atoms with E-state index in [0.29, 0.717) is 28.0 Å². The molecule has 160 valence electrons. The molecular weight excluding hydrogens is 421 g/mol. The molecule has 31 heavy (non-hydrogen) atoms. The predicted octanol–water partition coefficient (Wildman–Crippen LogP) is 3.69. The molecule has 0 saturated carbocycles. The topological polar surface area (TPSA) is 93.3 Å². The lowest BCUT2D eigenvalue weighted by Crippen LogP contribution is -2.31. The lowest BCUT2D eigenvalue weighted by atomic mass is 9.86. The van der Waals surface area contributed by atoms with Gasteiger partial charge < -0.3 is 19.8 Å². The van der Waals surface area contributed by atoms with Crippen LogP contribution in [0.1, 0.15) is 29.0 Å². The highest BCUT2D eigenvalue weighted by Gasteiger charge is 2.31. The number of nitrogens with zero attached hydrogens (tertiary/aromatic N) is 1. The van der Waals surface area contributed by atoms with Crippen LogP contribution in [0.2, 0.25) is 0 Å². The van der Waals surface area contributed by atoms with Crippen molar-refractivity contribution in [3.05, 3.63) is 75.3 Å². The van der Waals surface area contributed by atoms with Gasteiger partial charge in [0.25, 0.3) is 5.56 Å². The van der Waals surface area contributed by atoms with Crippen molar-refractivity contribution in [1.82, 2.24) is 9.97 Å². The average Bonchev–Trinajstić information content (AvgIpc) is 2.76. The monoisotopic (exact) mass is 441 g/mol. The van der Waals surface area contributed by atoms with Gasteiger partial charge in [-0.3, -0.25) is 9.59 Å². The maximum Gasteiger partial charge on any atom is 0.257 e. The fourth-order valence-corrected chi connectivity index (χ4v) is 4.36. The van der Waals surface area contributed by atoms with Crippen LogP contribution < -0.4 is 20.3 Å². The van der Waals surface area contributed by atoms with Gasteiger partial charge in [0.05, 0.1) is 19.8 Å². The molecule has 1 aliphatic rings. The van der Waals surface area contributed by atoms with Gasteiger partial charge in [-0.05, 0) is 35.4 Å². The third-order valence-corrected chi connectivity index (χ3v) is 5.95. The molecule has 1 aromatic heterocycles. The summed E-state index contributed by atoms with van der Waals surface area (Å²) in [7, 11) is 3.07. The molecule has 0 saturated heterocycles. The van der Waals surface area contributed by atoms with Gasteiger partial charge in [0.15, 0.2) is 16.7 Å². The molecule has 2 aromatic carbocycles. The Bertz CT molecular complexity index is 1200. The summed E-state index contributed by atoms with van der Waals surface area (Å²) < 4.78 is 24.0. The number of benzene rings is 2. The lowest BCUT2D eigenvalue weighted by molar-refractivity contribution is -0.116. The molecule has 0 unspecified atom stereocenters. The normalized spacial score (nSPS) is 15.2. The van der Waals surface area contributed by atoms with Crippen LogP contribution in [0.3, 0.4) is 0 Å². The number of H-pyrrole nitrogens is 1. The van der Waals surface area contributed by atoms with E-state index < -0.39 is 5.92 Å². The number of carbonyl (C=O) groups is 1. The minimum atomic E-state index is -0.470. The fraction of sp³-hybridized carbons (Fsp3) is 0.227. The molecular formula is C22H20FN3O4S. The number of aromatic nitrogens is 2. The highest BCUT2D eigenvalue weighted by Crippen LogP contribution is 2.38. The minimum absolute atomic E-state index is 0.114. The number of ether oxygens (including phenoxy) is 2. The second-order valence-corrected chi connectivity index (χ2v) is 7.94. The lowest BCUT2D eigenvalue weighted by Gasteiger charge is -2.25. The number of halogens is 1. The van der Waals surface area contributed by atoms with Crippen LogP contribution in [-0.2, 0) is 10.5 Å². The van der Waals surface area contributed by atoms with Crippen LogP contribution >= 0.6 is 11.8 Å². The van der Waals surface area contributed by atoms with E-state index in [4.69, 9.17) is 9.47 Å². The van der Waals surface area contributed by atoms with Crippen molar-refractivity contribution < 1.29 is 18.7 Å². The summed E-state index contributed by atoms with van der Waals surface area (Å²) in [5.41, 5.74) is 1.58. The quantitative estimate of drug-likeness (QED) is 0.448. The number of carbonyl (C=O) groups excluding carboxylic acids is 1. The first-order valence-electron chi connectivity index (χ1n) is 9.51. The number of thioether (sulfide) groups is 1. The van der Waals surface area contributed by atoms with E-state index in [2.05, 4.69) is 15.3 Å². The third kappa shape index (κ3) is 4.41. The van der Waals surface area contributed by atoms with Gasteiger partial charge in [-0.25, -0.2) is 9.37 Å². The van der Waals surface area contributed by atoms with Crippen molar-refractivity contribution in [1.29, 1.82) is 0 Å². The first-order valence-corrected chi connectivity index (χ1v) is 10.5. The average molecular weight is 441 g/mol. The van der Waals surface area contributed by atoms with Gasteiger partial charge in [-0.1, -0.05) is 30.0 Å². The van der Waals surface area contributed by atoms with E-state index in [9.17, 15) is 14.0 Å². The van der Waals surface area contributed by atoms with Crippen LogP contribution in [0.5, 0.6) is 11.5 Å². The van der Waals surface area contributed by atoms with E-state index in [1.165, 1.54) is 31.0 Å². The molecule has 2 heterocycles. The maximum absolute atomic E-state index is 13.4. The second-order valence-electron chi connectivity index (χ2n) is 6.97. The summed E-state index contributed by atoms with van der Waals surface area (Å²) in [4.78, 5) is 32.5. The maximum atomic E-state index is 13.4. The van der Waals surface area contributed by atoms with Crippen molar-refractivity contribution in [2.45, 2.75) is 23.2 Å². The number of aromatic amines is 1. The SMILES string of the molecule is COc1ccc([C@@H]2CC(=O)Nc3nc(SCc4cccc(F)c4)[nH]c(=O)c32)cc1OC. The molecule has 1 amide bonds. The smallest absolute Gasteiger partial charge is 0.257 e. The van der Waals surface area contributed by atoms with Crippen LogP contribution in [0.4, 0.5) is 10.2 Å². The molecule has 0 radical (unpaired) electrons. The molecule has 4 rings (SSSR count). The Labute approximate surface area is 182 Å². The summed E-state index contributed by atoms with van der Waals surface area (Å²) in [6.07, 6.45) is 0.114. The summed E-state index contributed by atoms with van der Waals surface area (Å²) >= 11 is 1.26. The Morgan fingerprint density at radius 3 is 2.68 bits per heavy atom. The van der Waals surface area contributed by atoms with Gasteiger partial charge in [0, 0.05) is 18.1 Å². The zero-order chi connectivity index (χ0) is 22.0. The molecule has 9 heteroatoms. The van der Waals surface area contributed by atoms with Crippen molar-refractivity contribution in [3.63, 3.8) is 0 Å².